The molecule has 2 rings (SSSR count). The first-order valence-electron chi connectivity index (χ1n) is 8.63. The molecule has 0 radical (unpaired) electrons. The number of carbonyl (C=O) groups is 1. The monoisotopic (exact) mass is 306 g/mol. The Hall–Kier alpha value is -1.05. The van der Waals surface area contributed by atoms with Crippen molar-refractivity contribution in [3.05, 3.63) is 0 Å². The fraction of sp³-hybridized carbons (Fsp3) is 0.833. The highest BCUT2D eigenvalue weighted by atomic mass is 16.5. The Morgan fingerprint density at radius 2 is 1.77 bits per heavy atom. The Morgan fingerprint density at radius 1 is 1.14 bits per heavy atom. The summed E-state index contributed by atoms with van der Waals surface area (Å²) in [6.07, 6.45) is 4.18. The van der Waals surface area contributed by atoms with E-state index in [1.54, 1.807) is 0 Å². The van der Waals surface area contributed by atoms with Crippen molar-refractivity contribution in [1.82, 2.24) is 9.80 Å². The molecule has 22 heavy (non-hydrogen) atoms. The number of nitrogens with zero attached hydrogens (tertiary/aromatic N) is 2. The molecule has 0 aromatic rings. The van der Waals surface area contributed by atoms with E-state index in [1.165, 1.54) is 0 Å². The maximum absolute atomic E-state index is 12.5. The number of carbonyl (C=O) groups excluding carboxylic acids is 1. The van der Waals surface area contributed by atoms with Gasteiger partial charge in [-0.3, -0.25) is 4.79 Å². The Balaban J connectivity index is 1.68. The van der Waals surface area contributed by atoms with E-state index in [0.29, 0.717) is 18.4 Å². The van der Waals surface area contributed by atoms with E-state index in [9.17, 15) is 4.79 Å². The van der Waals surface area contributed by atoms with Gasteiger partial charge in [0.2, 0.25) is 5.91 Å². The van der Waals surface area contributed by atoms with E-state index in [1.807, 2.05) is 0 Å². The largest absolute Gasteiger partial charge is 0.365 e. The lowest BCUT2D eigenvalue weighted by Crippen LogP contribution is -2.46. The maximum Gasteiger partial charge on any atom is 0.225 e. The SMILES string of the molecule is CC(C)C#CCOC1CCN(C(=O)C2CCN(C)CC2)CC1. The van der Waals surface area contributed by atoms with Gasteiger partial charge in [0, 0.05) is 24.9 Å². The van der Waals surface area contributed by atoms with Crippen LogP contribution in [-0.2, 0) is 9.53 Å². The lowest BCUT2D eigenvalue weighted by molar-refractivity contribution is -0.139. The second-order valence-electron chi connectivity index (χ2n) is 6.89. The van der Waals surface area contributed by atoms with Crippen molar-refractivity contribution < 1.29 is 9.53 Å². The Morgan fingerprint density at radius 3 is 2.36 bits per heavy atom. The number of hydrogen-bond donors (Lipinski definition) is 0. The average molecular weight is 306 g/mol. The minimum absolute atomic E-state index is 0.241. The van der Waals surface area contributed by atoms with E-state index in [-0.39, 0.29) is 12.0 Å². The maximum atomic E-state index is 12.5. The predicted octanol–water partition coefficient (Wildman–Crippen LogP) is 2.00. The highest BCUT2D eigenvalue weighted by Gasteiger charge is 2.30. The first kappa shape index (κ1) is 17.3. The second-order valence-corrected chi connectivity index (χ2v) is 6.89. The van der Waals surface area contributed by atoms with Crippen molar-refractivity contribution in [2.24, 2.45) is 11.8 Å². The van der Waals surface area contributed by atoms with Gasteiger partial charge in [0.15, 0.2) is 0 Å². The van der Waals surface area contributed by atoms with E-state index in [4.69, 9.17) is 4.74 Å². The number of hydrogen-bond acceptors (Lipinski definition) is 3. The molecular formula is C18H30N2O2. The molecule has 2 heterocycles. The van der Waals surface area contributed by atoms with Crippen LogP contribution in [0.1, 0.15) is 39.5 Å². The Bertz CT molecular complexity index is 409. The van der Waals surface area contributed by atoms with Gasteiger partial charge < -0.3 is 14.5 Å². The minimum Gasteiger partial charge on any atom is -0.365 e. The van der Waals surface area contributed by atoms with Crippen molar-refractivity contribution in [3.63, 3.8) is 0 Å². The van der Waals surface area contributed by atoms with Gasteiger partial charge in [0.1, 0.15) is 6.61 Å². The summed E-state index contributed by atoms with van der Waals surface area (Å²) >= 11 is 0. The number of likely N-dealkylation sites (tertiary alicyclic amines) is 2. The molecule has 0 aromatic heterocycles. The molecule has 2 aliphatic rings. The average Bonchev–Trinajstić information content (AvgIpc) is 2.52. The highest BCUT2D eigenvalue weighted by molar-refractivity contribution is 5.79. The Labute approximate surface area is 135 Å². The van der Waals surface area contributed by atoms with Crippen LogP contribution in [0.15, 0.2) is 0 Å². The van der Waals surface area contributed by atoms with E-state index >= 15 is 0 Å². The van der Waals surface area contributed by atoms with Crippen molar-refractivity contribution in [2.45, 2.75) is 45.6 Å². The molecule has 2 saturated heterocycles. The minimum atomic E-state index is 0.241. The first-order valence-corrected chi connectivity index (χ1v) is 8.63. The molecule has 2 aliphatic heterocycles. The van der Waals surface area contributed by atoms with Crippen LogP contribution < -0.4 is 0 Å². The molecule has 2 fully saturated rings. The summed E-state index contributed by atoms with van der Waals surface area (Å²) in [7, 11) is 2.13. The molecule has 4 heteroatoms. The standard InChI is InChI=1S/C18H30N2O2/c1-15(2)5-4-14-22-17-8-12-20(13-9-17)18(21)16-6-10-19(3)11-7-16/h15-17H,6-14H2,1-3H3. The highest BCUT2D eigenvalue weighted by Crippen LogP contribution is 2.22. The van der Waals surface area contributed by atoms with Crippen LogP contribution in [0.2, 0.25) is 0 Å². The molecule has 0 bridgehead atoms. The van der Waals surface area contributed by atoms with Gasteiger partial charge in [-0.2, -0.15) is 0 Å². The summed E-state index contributed by atoms with van der Waals surface area (Å²) in [6, 6.07) is 0. The molecule has 0 aliphatic carbocycles. The van der Waals surface area contributed by atoms with Gasteiger partial charge in [0.25, 0.3) is 0 Å². The number of amides is 1. The van der Waals surface area contributed by atoms with Gasteiger partial charge >= 0.3 is 0 Å². The summed E-state index contributed by atoms with van der Waals surface area (Å²) < 4.78 is 5.80. The third-order valence-electron chi connectivity index (χ3n) is 4.60. The zero-order valence-corrected chi connectivity index (χ0v) is 14.3. The molecule has 1 amide bonds. The molecule has 4 nitrogen and oxygen atoms in total. The van der Waals surface area contributed by atoms with Crippen LogP contribution in [0.3, 0.4) is 0 Å². The second kappa shape index (κ2) is 8.55. The normalized spacial score (nSPS) is 21.7. The summed E-state index contributed by atoms with van der Waals surface area (Å²) in [5.74, 6) is 7.19. The van der Waals surface area contributed by atoms with Crippen molar-refractivity contribution in [2.75, 3.05) is 39.8 Å². The van der Waals surface area contributed by atoms with Crippen LogP contribution in [-0.4, -0.2) is 61.6 Å². The topological polar surface area (TPSA) is 32.8 Å². The zero-order chi connectivity index (χ0) is 15.9. The van der Waals surface area contributed by atoms with Gasteiger partial charge in [0.05, 0.1) is 6.10 Å². The number of piperidine rings is 2. The molecular weight excluding hydrogens is 276 g/mol. The summed E-state index contributed by atoms with van der Waals surface area (Å²) in [6.45, 7) is 8.46. The fourth-order valence-electron chi connectivity index (χ4n) is 3.16. The third-order valence-corrected chi connectivity index (χ3v) is 4.60. The molecule has 0 unspecified atom stereocenters. The van der Waals surface area contributed by atoms with E-state index in [0.717, 1.165) is 51.9 Å². The van der Waals surface area contributed by atoms with Crippen molar-refractivity contribution in [1.29, 1.82) is 0 Å². The number of ether oxygens (including phenoxy) is 1. The van der Waals surface area contributed by atoms with Gasteiger partial charge in [-0.1, -0.05) is 25.7 Å². The quantitative estimate of drug-likeness (QED) is 0.748. The zero-order valence-electron chi connectivity index (χ0n) is 14.3. The number of rotatable bonds is 3. The lowest BCUT2D eigenvalue weighted by Gasteiger charge is -2.36. The van der Waals surface area contributed by atoms with Crippen molar-refractivity contribution in [3.8, 4) is 11.8 Å². The lowest BCUT2D eigenvalue weighted by atomic mass is 9.94. The fourth-order valence-corrected chi connectivity index (χ4v) is 3.16. The van der Waals surface area contributed by atoms with Gasteiger partial charge in [-0.05, 0) is 45.8 Å². The van der Waals surface area contributed by atoms with Gasteiger partial charge in [-0.15, -0.1) is 0 Å². The van der Waals surface area contributed by atoms with Crippen LogP contribution in [0, 0.1) is 23.7 Å². The molecule has 0 spiro atoms. The van der Waals surface area contributed by atoms with Gasteiger partial charge in [-0.25, -0.2) is 0 Å². The molecule has 0 atom stereocenters. The van der Waals surface area contributed by atoms with Crippen LogP contribution in [0.5, 0.6) is 0 Å². The smallest absolute Gasteiger partial charge is 0.225 e. The molecule has 0 saturated carbocycles. The van der Waals surface area contributed by atoms with Crippen molar-refractivity contribution >= 4 is 5.91 Å². The summed E-state index contributed by atoms with van der Waals surface area (Å²) in [4.78, 5) is 16.9. The van der Waals surface area contributed by atoms with Crippen LogP contribution in [0.4, 0.5) is 0 Å². The first-order chi connectivity index (χ1) is 10.6. The van der Waals surface area contributed by atoms with Crippen LogP contribution in [0.25, 0.3) is 0 Å². The molecule has 0 aromatic carbocycles. The molecule has 0 N–H and O–H groups in total. The molecule has 124 valence electrons. The Kier molecular flexibility index (Phi) is 6.72. The van der Waals surface area contributed by atoms with E-state index in [2.05, 4.69) is 42.5 Å². The van der Waals surface area contributed by atoms with Crippen LogP contribution >= 0.6 is 0 Å². The van der Waals surface area contributed by atoms with E-state index < -0.39 is 0 Å². The summed E-state index contributed by atoms with van der Waals surface area (Å²) in [5, 5.41) is 0. The predicted molar refractivity (Wildman–Crippen MR) is 88.4 cm³/mol. The summed E-state index contributed by atoms with van der Waals surface area (Å²) in [5.41, 5.74) is 0. The third kappa shape index (κ3) is 5.30.